The number of aliphatic hydroxyl groups is 1. The molecule has 162 valence electrons. The Morgan fingerprint density at radius 2 is 1.97 bits per heavy atom. The molecule has 0 amide bonds. The first kappa shape index (κ1) is 25.3. The van der Waals surface area contributed by atoms with E-state index in [9.17, 15) is 9.90 Å². The zero-order valence-corrected chi connectivity index (χ0v) is 18.0. The summed E-state index contributed by atoms with van der Waals surface area (Å²) < 4.78 is 5.65. The van der Waals surface area contributed by atoms with Crippen LogP contribution in [0.5, 0.6) is 5.75 Å². The molecule has 1 atom stereocenters. The molecule has 0 heterocycles. The number of nitrogen functional groups attached to an aromatic ring is 1. The van der Waals surface area contributed by atoms with Crippen LogP contribution in [0, 0.1) is 5.41 Å². The topological polar surface area (TPSA) is 129 Å². The van der Waals surface area contributed by atoms with Crippen molar-refractivity contribution in [3.05, 3.63) is 65.2 Å². The van der Waals surface area contributed by atoms with E-state index >= 15 is 0 Å². The minimum atomic E-state index is -1.15. The highest BCUT2D eigenvalue weighted by molar-refractivity contribution is 6.48. The molecule has 2 aromatic rings. The van der Waals surface area contributed by atoms with E-state index in [1.54, 1.807) is 36.4 Å². The molecule has 0 saturated heterocycles. The van der Waals surface area contributed by atoms with Gasteiger partial charge in [-0.1, -0.05) is 25.1 Å². The number of ether oxygens (including phenoxy) is 1. The molecule has 0 aliphatic carbocycles. The molecule has 6 N–H and O–H groups in total. The third-order valence-corrected chi connectivity index (χ3v) is 4.48. The van der Waals surface area contributed by atoms with E-state index in [1.165, 1.54) is 0 Å². The Hall–Kier alpha value is -2.74. The first-order valence-corrected chi connectivity index (χ1v) is 9.35. The second kappa shape index (κ2) is 11.4. The van der Waals surface area contributed by atoms with E-state index in [2.05, 4.69) is 11.9 Å². The number of carboxylic acids is 1. The van der Waals surface area contributed by atoms with Gasteiger partial charge in [-0.05, 0) is 48.4 Å². The summed E-state index contributed by atoms with van der Waals surface area (Å²) in [6, 6.07) is 8.94. The van der Waals surface area contributed by atoms with Crippen LogP contribution in [0.3, 0.4) is 0 Å². The van der Waals surface area contributed by atoms with E-state index in [0.717, 1.165) is 5.56 Å². The number of benzene rings is 2. The van der Waals surface area contributed by atoms with Crippen LogP contribution < -0.4 is 15.8 Å². The van der Waals surface area contributed by atoms with Gasteiger partial charge in [-0.25, -0.2) is 4.79 Å². The van der Waals surface area contributed by atoms with Crippen LogP contribution in [-0.4, -0.2) is 35.2 Å². The summed E-state index contributed by atoms with van der Waals surface area (Å²) >= 11 is 6.14. The van der Waals surface area contributed by atoms with E-state index in [4.69, 9.17) is 32.6 Å². The average Bonchev–Trinajstić information content (AvgIpc) is 2.69. The predicted molar refractivity (Wildman–Crippen MR) is 122 cm³/mol. The summed E-state index contributed by atoms with van der Waals surface area (Å²) in [6.07, 6.45) is 0.657. The molecule has 0 aromatic heterocycles. The van der Waals surface area contributed by atoms with Crippen molar-refractivity contribution in [2.24, 2.45) is 5.73 Å². The number of halogens is 2. The van der Waals surface area contributed by atoms with Crippen LogP contribution in [0.4, 0.5) is 5.69 Å². The highest BCUT2D eigenvalue weighted by atomic mass is 35.5. The molecule has 0 bridgehead atoms. The van der Waals surface area contributed by atoms with E-state index in [1.807, 2.05) is 6.92 Å². The summed E-state index contributed by atoms with van der Waals surface area (Å²) in [7, 11) is 0. The fraction of sp³-hybridized carbons (Fsp3) is 0.238. The summed E-state index contributed by atoms with van der Waals surface area (Å²) in [5.74, 6) is -0.933. The zero-order chi connectivity index (χ0) is 21.6. The number of carbonyl (C=O) groups is 1. The monoisotopic (exact) mass is 453 g/mol. The molecule has 9 heteroatoms. The normalized spacial score (nSPS) is 11.2. The molecule has 0 fully saturated rings. The minimum Gasteiger partial charge on any atom is -0.490 e. The van der Waals surface area contributed by atoms with Crippen molar-refractivity contribution in [2.75, 3.05) is 18.5 Å². The summed E-state index contributed by atoms with van der Waals surface area (Å²) in [5, 5.41) is 29.7. The van der Waals surface area contributed by atoms with Gasteiger partial charge in [-0.2, -0.15) is 0 Å². The first-order valence-electron chi connectivity index (χ1n) is 8.97. The number of anilines is 1. The van der Waals surface area contributed by atoms with Crippen molar-refractivity contribution < 1.29 is 19.7 Å². The number of aliphatic hydroxyl groups excluding tert-OH is 1. The first-order chi connectivity index (χ1) is 13.8. The molecule has 0 radical (unpaired) electrons. The van der Waals surface area contributed by atoms with Crippen molar-refractivity contribution in [3.8, 4) is 5.75 Å². The molecular weight excluding hydrogens is 429 g/mol. The number of hydrogen-bond acceptors (Lipinski definition) is 5. The fourth-order valence-electron chi connectivity index (χ4n) is 2.83. The smallest absolute Gasteiger partial charge is 0.330 e. The Morgan fingerprint density at radius 3 is 2.43 bits per heavy atom. The summed E-state index contributed by atoms with van der Waals surface area (Å²) in [4.78, 5) is 12.1. The van der Waals surface area contributed by atoms with Gasteiger partial charge in [0.15, 0.2) is 6.04 Å². The lowest BCUT2D eigenvalue weighted by atomic mass is 9.96. The van der Waals surface area contributed by atoms with Gasteiger partial charge < -0.3 is 26.0 Å². The Labute approximate surface area is 186 Å². The van der Waals surface area contributed by atoms with Crippen molar-refractivity contribution in [1.29, 1.82) is 5.41 Å². The lowest BCUT2D eigenvalue weighted by Crippen LogP contribution is -2.22. The van der Waals surface area contributed by atoms with Crippen molar-refractivity contribution in [2.45, 2.75) is 19.4 Å². The molecule has 2 rings (SSSR count). The number of aryl methyl sites for hydroxylation is 1. The van der Waals surface area contributed by atoms with Crippen molar-refractivity contribution in [1.82, 2.24) is 0 Å². The molecule has 0 aliphatic heterocycles. The van der Waals surface area contributed by atoms with Gasteiger partial charge in [0.2, 0.25) is 0 Å². The largest absolute Gasteiger partial charge is 0.490 e. The van der Waals surface area contributed by atoms with E-state index < -0.39 is 12.0 Å². The Morgan fingerprint density at radius 1 is 1.33 bits per heavy atom. The molecule has 1 unspecified atom stereocenters. The number of carboxylic acid groups (broad SMARTS) is 1. The second-order valence-electron chi connectivity index (χ2n) is 6.30. The highest BCUT2D eigenvalue weighted by Crippen LogP contribution is 2.37. The standard InChI is InChI=1S/C21H24ClN3O4.ClH/c1-3-13-10-16(12(2)22)19(29-9-8-26)17(11-13)18(21(27)28)25-15-6-4-14(5-7-15)20(23)24;/h4-7,10-11,18,25-26H,2-3,8-9H2,1H3,(H3,23,24)(H,27,28);1H. The van der Waals surface area contributed by atoms with Gasteiger partial charge in [0, 0.05) is 27.4 Å². The fourth-order valence-corrected chi connectivity index (χ4v) is 2.97. The third-order valence-electron chi connectivity index (χ3n) is 4.28. The molecule has 0 spiro atoms. The molecular formula is C21H25Cl2N3O4. The highest BCUT2D eigenvalue weighted by Gasteiger charge is 2.27. The quantitative estimate of drug-likeness (QED) is 0.275. The van der Waals surface area contributed by atoms with Crippen LogP contribution in [0.1, 0.15) is 35.2 Å². The van der Waals surface area contributed by atoms with Crippen LogP contribution >= 0.6 is 24.0 Å². The Balaban J connectivity index is 0.00000450. The van der Waals surface area contributed by atoms with Crippen LogP contribution in [-0.2, 0) is 11.2 Å². The maximum Gasteiger partial charge on any atom is 0.330 e. The Kier molecular flexibility index (Phi) is 9.65. The van der Waals surface area contributed by atoms with Gasteiger partial charge in [0.1, 0.15) is 18.2 Å². The summed E-state index contributed by atoms with van der Waals surface area (Å²) in [5.41, 5.74) is 8.24. The molecule has 0 aliphatic rings. The zero-order valence-electron chi connectivity index (χ0n) is 16.4. The molecule has 0 saturated carbocycles. The Bertz CT molecular complexity index is 917. The number of nitrogens with one attached hydrogen (secondary N) is 2. The van der Waals surface area contributed by atoms with Gasteiger partial charge in [-0.3, -0.25) is 5.41 Å². The molecule has 7 nitrogen and oxygen atoms in total. The van der Waals surface area contributed by atoms with Crippen LogP contribution in [0.15, 0.2) is 43.0 Å². The minimum absolute atomic E-state index is 0. The predicted octanol–water partition coefficient (Wildman–Crippen LogP) is 3.77. The number of rotatable bonds is 10. The van der Waals surface area contributed by atoms with E-state index in [0.29, 0.717) is 28.8 Å². The number of amidine groups is 1. The maximum absolute atomic E-state index is 12.1. The van der Waals surface area contributed by atoms with Gasteiger partial charge in [-0.15, -0.1) is 12.4 Å². The van der Waals surface area contributed by atoms with Gasteiger partial charge >= 0.3 is 5.97 Å². The lowest BCUT2D eigenvalue weighted by molar-refractivity contribution is -0.138. The van der Waals surface area contributed by atoms with Gasteiger partial charge in [0.05, 0.1) is 6.61 Å². The second-order valence-corrected chi connectivity index (χ2v) is 6.76. The number of nitrogens with two attached hydrogens (primary N) is 1. The average molecular weight is 454 g/mol. The number of aliphatic carboxylic acids is 1. The van der Waals surface area contributed by atoms with Crippen molar-refractivity contribution >= 4 is 46.5 Å². The van der Waals surface area contributed by atoms with Gasteiger partial charge in [0.25, 0.3) is 0 Å². The third kappa shape index (κ3) is 6.13. The van der Waals surface area contributed by atoms with Crippen molar-refractivity contribution in [3.63, 3.8) is 0 Å². The molecule has 30 heavy (non-hydrogen) atoms. The lowest BCUT2D eigenvalue weighted by Gasteiger charge is -2.23. The number of hydrogen-bond donors (Lipinski definition) is 5. The maximum atomic E-state index is 12.1. The van der Waals surface area contributed by atoms with E-state index in [-0.39, 0.29) is 42.2 Å². The SMILES string of the molecule is C=C(Cl)c1cc(CC)cc(C(Nc2ccc(C(=N)N)cc2)C(=O)O)c1OCCO.Cl. The van der Waals surface area contributed by atoms with Crippen LogP contribution in [0.25, 0.3) is 5.03 Å². The summed E-state index contributed by atoms with van der Waals surface area (Å²) in [6.45, 7) is 5.44. The molecule has 2 aromatic carbocycles. The van der Waals surface area contributed by atoms with Crippen LogP contribution in [0.2, 0.25) is 0 Å².